The maximum Gasteiger partial charge on any atom is 0.229 e. The number of anilines is 3. The van der Waals surface area contributed by atoms with Crippen LogP contribution in [-0.4, -0.2) is 9.97 Å². The van der Waals surface area contributed by atoms with E-state index in [0.717, 1.165) is 24.5 Å². The Morgan fingerprint density at radius 1 is 0.958 bits per heavy atom. The smallest absolute Gasteiger partial charge is 0.229 e. The Hall–Kier alpha value is -2.88. The van der Waals surface area contributed by atoms with Crippen molar-refractivity contribution in [1.82, 2.24) is 9.97 Å². The van der Waals surface area contributed by atoms with Crippen molar-refractivity contribution in [3.8, 4) is 0 Å². The maximum absolute atomic E-state index is 4.52. The fourth-order valence-electron chi connectivity index (χ4n) is 2.46. The Bertz CT molecular complexity index is 797. The van der Waals surface area contributed by atoms with Gasteiger partial charge in [-0.2, -0.15) is 4.98 Å². The first-order valence-electron chi connectivity index (χ1n) is 8.22. The summed E-state index contributed by atoms with van der Waals surface area (Å²) in [6, 6.07) is 18.5. The highest BCUT2D eigenvalue weighted by Crippen LogP contribution is 2.16. The first kappa shape index (κ1) is 16.0. The molecule has 2 N–H and O–H groups in total. The number of hydrogen-bond donors (Lipinski definition) is 2. The largest absolute Gasteiger partial charge is 0.366 e. The number of aryl methyl sites for hydroxylation is 2. The molecule has 24 heavy (non-hydrogen) atoms. The van der Waals surface area contributed by atoms with Gasteiger partial charge in [0.05, 0.1) is 0 Å². The van der Waals surface area contributed by atoms with Crippen molar-refractivity contribution in [2.45, 2.75) is 26.8 Å². The normalized spacial score (nSPS) is 10.4. The third-order valence-corrected chi connectivity index (χ3v) is 4.00. The molecule has 0 saturated heterocycles. The number of aromatic nitrogens is 2. The molecule has 2 aromatic carbocycles. The molecule has 4 nitrogen and oxygen atoms in total. The Morgan fingerprint density at radius 3 is 2.50 bits per heavy atom. The van der Waals surface area contributed by atoms with Crippen molar-refractivity contribution in [3.05, 3.63) is 77.5 Å². The molecule has 122 valence electrons. The molecule has 0 spiro atoms. The third kappa shape index (κ3) is 4.10. The van der Waals surface area contributed by atoms with Crippen LogP contribution in [-0.2, 0) is 13.0 Å². The molecule has 0 atom stereocenters. The van der Waals surface area contributed by atoms with Gasteiger partial charge >= 0.3 is 0 Å². The summed E-state index contributed by atoms with van der Waals surface area (Å²) in [6.07, 6.45) is 2.80. The van der Waals surface area contributed by atoms with Gasteiger partial charge in [0.2, 0.25) is 5.95 Å². The molecule has 1 aromatic heterocycles. The summed E-state index contributed by atoms with van der Waals surface area (Å²) in [4.78, 5) is 8.81. The van der Waals surface area contributed by atoms with E-state index >= 15 is 0 Å². The number of rotatable bonds is 6. The average Bonchev–Trinajstić information content (AvgIpc) is 2.62. The van der Waals surface area contributed by atoms with E-state index in [2.05, 4.69) is 83.0 Å². The second-order valence-corrected chi connectivity index (χ2v) is 5.72. The van der Waals surface area contributed by atoms with Gasteiger partial charge in [-0.15, -0.1) is 0 Å². The predicted molar refractivity (Wildman–Crippen MR) is 99.6 cm³/mol. The van der Waals surface area contributed by atoms with E-state index in [1.54, 1.807) is 6.20 Å². The monoisotopic (exact) mass is 318 g/mol. The van der Waals surface area contributed by atoms with Crippen molar-refractivity contribution in [3.63, 3.8) is 0 Å². The summed E-state index contributed by atoms with van der Waals surface area (Å²) < 4.78 is 0. The van der Waals surface area contributed by atoms with Gasteiger partial charge in [-0.05, 0) is 48.2 Å². The zero-order valence-electron chi connectivity index (χ0n) is 14.1. The van der Waals surface area contributed by atoms with Crippen molar-refractivity contribution in [2.24, 2.45) is 0 Å². The van der Waals surface area contributed by atoms with Crippen molar-refractivity contribution < 1.29 is 0 Å². The number of nitrogens with one attached hydrogen (secondary N) is 2. The molecule has 0 aliphatic carbocycles. The van der Waals surface area contributed by atoms with Crippen LogP contribution in [0.1, 0.15) is 23.6 Å². The highest BCUT2D eigenvalue weighted by molar-refractivity contribution is 5.55. The van der Waals surface area contributed by atoms with Crippen molar-refractivity contribution >= 4 is 17.5 Å². The first-order chi connectivity index (χ1) is 11.7. The van der Waals surface area contributed by atoms with Crippen molar-refractivity contribution in [2.75, 3.05) is 10.6 Å². The van der Waals surface area contributed by atoms with Crippen LogP contribution in [0.3, 0.4) is 0 Å². The van der Waals surface area contributed by atoms with E-state index in [4.69, 9.17) is 0 Å². The number of nitrogens with zero attached hydrogens (tertiary/aromatic N) is 2. The lowest BCUT2D eigenvalue weighted by Gasteiger charge is -2.10. The molecule has 0 saturated carbocycles. The van der Waals surface area contributed by atoms with Crippen LogP contribution in [0.2, 0.25) is 0 Å². The van der Waals surface area contributed by atoms with Crippen LogP contribution in [0.15, 0.2) is 60.8 Å². The van der Waals surface area contributed by atoms with Crippen LogP contribution in [0, 0.1) is 6.92 Å². The highest BCUT2D eigenvalue weighted by Gasteiger charge is 2.02. The minimum atomic E-state index is 0.592. The summed E-state index contributed by atoms with van der Waals surface area (Å²) in [5.41, 5.74) is 4.84. The molecule has 3 aromatic rings. The van der Waals surface area contributed by atoms with Gasteiger partial charge in [-0.25, -0.2) is 4.98 Å². The summed E-state index contributed by atoms with van der Waals surface area (Å²) in [6.45, 7) is 5.01. The van der Waals surface area contributed by atoms with Crippen LogP contribution in [0.25, 0.3) is 0 Å². The highest BCUT2D eigenvalue weighted by atomic mass is 15.1. The minimum Gasteiger partial charge on any atom is -0.366 e. The van der Waals surface area contributed by atoms with Crippen molar-refractivity contribution in [1.29, 1.82) is 0 Å². The zero-order valence-corrected chi connectivity index (χ0v) is 14.1. The SMILES string of the molecule is CCc1ccc(Nc2nccc(NCc3ccccc3C)n2)cc1. The van der Waals surface area contributed by atoms with E-state index < -0.39 is 0 Å². The van der Waals surface area contributed by atoms with E-state index in [9.17, 15) is 0 Å². The van der Waals surface area contributed by atoms with Crippen LogP contribution in [0.5, 0.6) is 0 Å². The topological polar surface area (TPSA) is 49.8 Å². The Morgan fingerprint density at radius 2 is 1.75 bits per heavy atom. The average molecular weight is 318 g/mol. The molecule has 0 aliphatic heterocycles. The van der Waals surface area contributed by atoms with Gasteiger partial charge in [-0.1, -0.05) is 43.3 Å². The first-order valence-corrected chi connectivity index (χ1v) is 8.22. The van der Waals surface area contributed by atoms with Gasteiger partial charge in [0.15, 0.2) is 0 Å². The number of hydrogen-bond acceptors (Lipinski definition) is 4. The van der Waals surface area contributed by atoms with E-state index in [0.29, 0.717) is 5.95 Å². The van der Waals surface area contributed by atoms with Gasteiger partial charge < -0.3 is 10.6 Å². The maximum atomic E-state index is 4.52. The fraction of sp³-hybridized carbons (Fsp3) is 0.200. The van der Waals surface area contributed by atoms with Crippen LogP contribution >= 0.6 is 0 Å². The Labute approximate surface area is 143 Å². The van der Waals surface area contributed by atoms with E-state index in [1.807, 2.05) is 6.07 Å². The van der Waals surface area contributed by atoms with Gasteiger partial charge in [0.25, 0.3) is 0 Å². The third-order valence-electron chi connectivity index (χ3n) is 4.00. The predicted octanol–water partition coefficient (Wildman–Crippen LogP) is 4.70. The summed E-state index contributed by atoms with van der Waals surface area (Å²) in [5, 5.41) is 6.60. The second kappa shape index (κ2) is 7.59. The molecule has 3 rings (SSSR count). The Kier molecular flexibility index (Phi) is 5.06. The standard InChI is InChI=1S/C20H22N4/c1-3-16-8-10-18(11-9-16)23-20-21-13-12-19(24-20)22-14-17-7-5-4-6-15(17)2/h4-13H,3,14H2,1-2H3,(H2,21,22,23,24). The molecule has 0 unspecified atom stereocenters. The number of benzene rings is 2. The summed E-state index contributed by atoms with van der Waals surface area (Å²) >= 11 is 0. The summed E-state index contributed by atoms with van der Waals surface area (Å²) in [7, 11) is 0. The van der Waals surface area contributed by atoms with Crippen LogP contribution in [0.4, 0.5) is 17.5 Å². The molecule has 0 amide bonds. The molecule has 0 radical (unpaired) electrons. The second-order valence-electron chi connectivity index (χ2n) is 5.72. The molecular weight excluding hydrogens is 296 g/mol. The zero-order chi connectivity index (χ0) is 16.8. The molecule has 0 bridgehead atoms. The summed E-state index contributed by atoms with van der Waals surface area (Å²) in [5.74, 6) is 1.40. The lowest BCUT2D eigenvalue weighted by atomic mass is 10.1. The van der Waals surface area contributed by atoms with E-state index in [-0.39, 0.29) is 0 Å². The molecule has 4 heteroatoms. The fourth-order valence-corrected chi connectivity index (χ4v) is 2.46. The molecule has 0 aliphatic rings. The van der Waals surface area contributed by atoms with Gasteiger partial charge in [-0.3, -0.25) is 0 Å². The Balaban J connectivity index is 1.66. The van der Waals surface area contributed by atoms with Gasteiger partial charge in [0, 0.05) is 18.4 Å². The lowest BCUT2D eigenvalue weighted by Crippen LogP contribution is -2.05. The quantitative estimate of drug-likeness (QED) is 0.691. The minimum absolute atomic E-state index is 0.592. The van der Waals surface area contributed by atoms with Gasteiger partial charge in [0.1, 0.15) is 5.82 Å². The van der Waals surface area contributed by atoms with Crippen LogP contribution < -0.4 is 10.6 Å². The van der Waals surface area contributed by atoms with E-state index in [1.165, 1.54) is 16.7 Å². The molecular formula is C20H22N4. The molecule has 0 fully saturated rings. The molecule has 1 heterocycles. The lowest BCUT2D eigenvalue weighted by molar-refractivity contribution is 1.07.